The third-order valence-electron chi connectivity index (χ3n) is 4.45. The van der Waals surface area contributed by atoms with Crippen LogP contribution in [0.1, 0.15) is 45.6 Å². The molecular weight excluding hydrogens is 332 g/mol. The van der Waals surface area contributed by atoms with Crippen LogP contribution in [0.4, 0.5) is 10.6 Å². The van der Waals surface area contributed by atoms with E-state index in [9.17, 15) is 9.59 Å². The molecule has 0 saturated carbocycles. The predicted molar refractivity (Wildman–Crippen MR) is 101 cm³/mol. The number of piperidine rings is 1. The van der Waals surface area contributed by atoms with Crippen molar-refractivity contribution in [2.75, 3.05) is 24.6 Å². The Bertz CT molecular complexity index is 583. The molecule has 0 radical (unpaired) electrons. The molecule has 2 N–H and O–H groups in total. The fraction of sp³-hybridized carbons (Fsp3) is 0.632. The van der Waals surface area contributed by atoms with Crippen molar-refractivity contribution < 1.29 is 14.3 Å². The van der Waals surface area contributed by atoms with Gasteiger partial charge in [0.2, 0.25) is 5.91 Å². The van der Waals surface area contributed by atoms with Crippen LogP contribution < -0.4 is 15.5 Å². The van der Waals surface area contributed by atoms with Gasteiger partial charge in [0, 0.05) is 25.8 Å². The average molecular weight is 362 g/mol. The molecule has 1 atom stereocenters. The van der Waals surface area contributed by atoms with Crippen LogP contribution in [0, 0.1) is 5.92 Å². The highest BCUT2D eigenvalue weighted by Crippen LogP contribution is 2.17. The number of amides is 2. The molecule has 2 amide bonds. The van der Waals surface area contributed by atoms with Gasteiger partial charge >= 0.3 is 6.09 Å². The van der Waals surface area contributed by atoms with Gasteiger partial charge < -0.3 is 20.3 Å². The van der Waals surface area contributed by atoms with Crippen LogP contribution in [0.15, 0.2) is 18.3 Å². The molecule has 1 saturated heterocycles. The van der Waals surface area contributed by atoms with E-state index >= 15 is 0 Å². The summed E-state index contributed by atoms with van der Waals surface area (Å²) < 4.78 is 4.86. The second-order valence-electron chi connectivity index (χ2n) is 6.88. The summed E-state index contributed by atoms with van der Waals surface area (Å²) in [5, 5.41) is 5.47. The summed E-state index contributed by atoms with van der Waals surface area (Å²) in [6, 6.07) is 3.36. The van der Waals surface area contributed by atoms with Gasteiger partial charge in [0.05, 0.1) is 6.61 Å². The number of pyridine rings is 1. The van der Waals surface area contributed by atoms with Crippen LogP contribution in [0.2, 0.25) is 0 Å². The molecule has 1 aliphatic heterocycles. The van der Waals surface area contributed by atoms with E-state index in [1.165, 1.54) is 19.3 Å². The third kappa shape index (κ3) is 5.89. The van der Waals surface area contributed by atoms with Crippen LogP contribution in [0.5, 0.6) is 0 Å². The molecule has 1 fully saturated rings. The molecule has 26 heavy (non-hydrogen) atoms. The SMILES string of the molecule is CCOC(=O)NC(C(=O)NCc1ccc(N2CCCCC2)nc1)C(C)C. The minimum atomic E-state index is -0.630. The van der Waals surface area contributed by atoms with Crippen molar-refractivity contribution >= 4 is 17.8 Å². The summed E-state index contributed by atoms with van der Waals surface area (Å²) in [6.07, 6.45) is 4.94. The largest absolute Gasteiger partial charge is 0.450 e. The maximum atomic E-state index is 12.4. The Morgan fingerprint density at radius 2 is 1.96 bits per heavy atom. The van der Waals surface area contributed by atoms with Crippen molar-refractivity contribution in [3.63, 3.8) is 0 Å². The van der Waals surface area contributed by atoms with E-state index in [0.29, 0.717) is 6.54 Å². The number of ether oxygens (including phenoxy) is 1. The Balaban J connectivity index is 1.87. The maximum absolute atomic E-state index is 12.4. The average Bonchev–Trinajstić information content (AvgIpc) is 2.65. The summed E-state index contributed by atoms with van der Waals surface area (Å²) in [5.41, 5.74) is 0.928. The molecule has 0 aromatic carbocycles. The fourth-order valence-electron chi connectivity index (χ4n) is 2.97. The molecule has 0 bridgehead atoms. The maximum Gasteiger partial charge on any atom is 0.407 e. The first-order valence-corrected chi connectivity index (χ1v) is 9.42. The Morgan fingerprint density at radius 1 is 1.23 bits per heavy atom. The molecule has 7 heteroatoms. The number of aromatic nitrogens is 1. The van der Waals surface area contributed by atoms with Crippen LogP contribution in [0.25, 0.3) is 0 Å². The van der Waals surface area contributed by atoms with E-state index in [4.69, 9.17) is 4.74 Å². The molecule has 2 rings (SSSR count). The fourth-order valence-corrected chi connectivity index (χ4v) is 2.97. The number of nitrogens with zero attached hydrogens (tertiary/aromatic N) is 2. The first-order valence-electron chi connectivity index (χ1n) is 9.42. The molecule has 0 spiro atoms. The molecule has 2 heterocycles. The molecule has 1 aromatic heterocycles. The highest BCUT2D eigenvalue weighted by atomic mass is 16.5. The lowest BCUT2D eigenvalue weighted by molar-refractivity contribution is -0.124. The highest BCUT2D eigenvalue weighted by molar-refractivity contribution is 5.85. The number of hydrogen-bond acceptors (Lipinski definition) is 5. The van der Waals surface area contributed by atoms with Crippen molar-refractivity contribution in [2.45, 2.75) is 52.6 Å². The normalized spacial score (nSPS) is 15.5. The lowest BCUT2D eigenvalue weighted by Gasteiger charge is -2.27. The van der Waals surface area contributed by atoms with Gasteiger partial charge in [-0.15, -0.1) is 0 Å². The first kappa shape index (κ1) is 20.0. The van der Waals surface area contributed by atoms with Gasteiger partial charge in [-0.2, -0.15) is 0 Å². The van der Waals surface area contributed by atoms with E-state index in [0.717, 1.165) is 24.5 Å². The molecule has 7 nitrogen and oxygen atoms in total. The van der Waals surface area contributed by atoms with Crippen molar-refractivity contribution in [3.8, 4) is 0 Å². The van der Waals surface area contributed by atoms with Gasteiger partial charge in [-0.25, -0.2) is 9.78 Å². The second-order valence-corrected chi connectivity index (χ2v) is 6.88. The standard InChI is InChI=1S/C19H30N4O3/c1-4-26-19(25)22-17(14(2)3)18(24)21-13-15-8-9-16(20-12-15)23-10-6-5-7-11-23/h8-9,12,14,17H,4-7,10-11,13H2,1-3H3,(H,21,24)(H,22,25). The summed E-state index contributed by atoms with van der Waals surface area (Å²) in [5.74, 6) is 0.718. The zero-order chi connectivity index (χ0) is 18.9. The van der Waals surface area contributed by atoms with Gasteiger partial charge in [0.15, 0.2) is 0 Å². The number of carbonyl (C=O) groups is 2. The minimum absolute atomic E-state index is 0.0426. The van der Waals surface area contributed by atoms with Crippen LogP contribution in [-0.4, -0.2) is 42.7 Å². The molecular formula is C19H30N4O3. The Labute approximate surface area is 155 Å². The quantitative estimate of drug-likeness (QED) is 0.778. The number of anilines is 1. The van der Waals surface area contributed by atoms with Gasteiger partial charge in [-0.3, -0.25) is 4.79 Å². The molecule has 0 aliphatic carbocycles. The Hall–Kier alpha value is -2.31. The van der Waals surface area contributed by atoms with E-state index in [1.54, 1.807) is 13.1 Å². The van der Waals surface area contributed by atoms with E-state index in [-0.39, 0.29) is 18.4 Å². The molecule has 1 aromatic rings. The number of hydrogen-bond donors (Lipinski definition) is 2. The van der Waals surface area contributed by atoms with E-state index < -0.39 is 12.1 Å². The summed E-state index contributed by atoms with van der Waals surface area (Å²) >= 11 is 0. The smallest absolute Gasteiger partial charge is 0.407 e. The van der Waals surface area contributed by atoms with Crippen molar-refractivity contribution in [3.05, 3.63) is 23.9 Å². The van der Waals surface area contributed by atoms with Gasteiger partial charge in [-0.1, -0.05) is 19.9 Å². The number of nitrogens with one attached hydrogen (secondary N) is 2. The van der Waals surface area contributed by atoms with Gasteiger partial charge in [0.1, 0.15) is 11.9 Å². The van der Waals surface area contributed by atoms with Crippen molar-refractivity contribution in [1.82, 2.24) is 15.6 Å². The first-order chi connectivity index (χ1) is 12.5. The molecule has 144 valence electrons. The van der Waals surface area contributed by atoms with Gasteiger partial charge in [-0.05, 0) is 43.7 Å². The van der Waals surface area contributed by atoms with Crippen molar-refractivity contribution in [1.29, 1.82) is 0 Å². The minimum Gasteiger partial charge on any atom is -0.450 e. The third-order valence-corrected chi connectivity index (χ3v) is 4.45. The Morgan fingerprint density at radius 3 is 2.54 bits per heavy atom. The monoisotopic (exact) mass is 362 g/mol. The molecule has 1 aliphatic rings. The highest BCUT2D eigenvalue weighted by Gasteiger charge is 2.24. The topological polar surface area (TPSA) is 83.6 Å². The van der Waals surface area contributed by atoms with Crippen LogP contribution in [-0.2, 0) is 16.1 Å². The van der Waals surface area contributed by atoms with Crippen molar-refractivity contribution in [2.24, 2.45) is 5.92 Å². The van der Waals surface area contributed by atoms with E-state index in [1.807, 2.05) is 26.0 Å². The lowest BCUT2D eigenvalue weighted by atomic mass is 10.0. The molecule has 1 unspecified atom stereocenters. The van der Waals surface area contributed by atoms with Crippen LogP contribution >= 0.6 is 0 Å². The van der Waals surface area contributed by atoms with E-state index in [2.05, 4.69) is 20.5 Å². The summed E-state index contributed by atoms with van der Waals surface area (Å²) in [7, 11) is 0. The lowest BCUT2D eigenvalue weighted by Crippen LogP contribution is -2.49. The Kier molecular flexibility index (Phi) is 7.69. The summed E-state index contributed by atoms with van der Waals surface area (Å²) in [4.78, 5) is 30.8. The number of alkyl carbamates (subject to hydrolysis) is 1. The number of carbonyl (C=O) groups excluding carboxylic acids is 2. The number of rotatable bonds is 7. The van der Waals surface area contributed by atoms with Crippen LogP contribution in [0.3, 0.4) is 0 Å². The second kappa shape index (κ2) is 9.99. The predicted octanol–water partition coefficient (Wildman–Crippen LogP) is 2.46. The summed E-state index contributed by atoms with van der Waals surface area (Å²) in [6.45, 7) is 8.24. The van der Waals surface area contributed by atoms with Gasteiger partial charge in [0.25, 0.3) is 0 Å². The zero-order valence-electron chi connectivity index (χ0n) is 16.0. The zero-order valence-corrected chi connectivity index (χ0v) is 16.0.